The molecular weight excluding hydrogens is 249 g/mol. The lowest BCUT2D eigenvalue weighted by Gasteiger charge is -2.45. The Hall–Kier alpha value is 1.01. The van der Waals surface area contributed by atoms with Crippen molar-refractivity contribution >= 4 is 45.7 Å². The fourth-order valence-corrected chi connectivity index (χ4v) is 10.5. The van der Waals surface area contributed by atoms with E-state index in [1.165, 1.54) is 19.3 Å². The lowest BCUT2D eigenvalue weighted by molar-refractivity contribution is 0.636. The Morgan fingerprint density at radius 3 is 1.94 bits per heavy atom. The number of hydrogen-bond acceptors (Lipinski definition) is 1. The molecule has 2 unspecified atom stereocenters. The summed E-state index contributed by atoms with van der Waals surface area (Å²) in [4.78, 5) is 0.248. The van der Waals surface area contributed by atoms with Crippen LogP contribution in [-0.2, 0) is 0 Å². The Balaban J connectivity index is 4.73. The lowest BCUT2D eigenvalue weighted by Crippen LogP contribution is -2.22. The zero-order chi connectivity index (χ0) is 13.0. The maximum Gasteiger partial charge on any atom is 0.0653 e. The SMILES string of the molecule is [B]CCCCCC(C)(P(=C)(C)C)P(=C)(C)S. The second kappa shape index (κ2) is 6.26. The first-order valence-corrected chi connectivity index (χ1v) is 12.3. The van der Waals surface area contributed by atoms with Gasteiger partial charge in [0.05, 0.1) is 7.85 Å². The maximum atomic E-state index is 5.52. The van der Waals surface area contributed by atoms with Gasteiger partial charge in [-0.15, -0.1) is 13.2 Å². The molecule has 0 aliphatic heterocycles. The first kappa shape index (κ1) is 17.0. The van der Waals surface area contributed by atoms with E-state index in [9.17, 15) is 0 Å². The zero-order valence-corrected chi connectivity index (χ0v) is 14.1. The van der Waals surface area contributed by atoms with Gasteiger partial charge in [0.1, 0.15) is 0 Å². The van der Waals surface area contributed by atoms with Gasteiger partial charge in [0.15, 0.2) is 0 Å². The van der Waals surface area contributed by atoms with E-state index >= 15 is 0 Å². The summed E-state index contributed by atoms with van der Waals surface area (Å²) < 4.78 is 0. The van der Waals surface area contributed by atoms with Crippen LogP contribution in [0.5, 0.6) is 0 Å². The summed E-state index contributed by atoms with van der Waals surface area (Å²) >= 11 is 4.82. The van der Waals surface area contributed by atoms with Gasteiger partial charge in [-0.1, -0.05) is 44.9 Å². The molecule has 2 radical (unpaired) electrons. The minimum Gasteiger partial charge on any atom is -0.152 e. The highest BCUT2D eigenvalue weighted by Gasteiger charge is 2.37. The van der Waals surface area contributed by atoms with Crippen LogP contribution >= 0.6 is 25.2 Å². The van der Waals surface area contributed by atoms with Crippen molar-refractivity contribution in [3.05, 3.63) is 0 Å². The largest absolute Gasteiger partial charge is 0.152 e. The Kier molecular flexibility index (Phi) is 6.66. The van der Waals surface area contributed by atoms with E-state index in [1.54, 1.807) is 0 Å². The summed E-state index contributed by atoms with van der Waals surface area (Å²) in [5.41, 5.74) is 0. The van der Waals surface area contributed by atoms with Crippen molar-refractivity contribution in [1.29, 1.82) is 0 Å². The van der Waals surface area contributed by atoms with E-state index in [0.717, 1.165) is 12.7 Å². The van der Waals surface area contributed by atoms with Crippen molar-refractivity contribution in [2.45, 2.75) is 43.8 Å². The van der Waals surface area contributed by atoms with Crippen molar-refractivity contribution < 1.29 is 0 Å². The van der Waals surface area contributed by atoms with E-state index in [-0.39, 0.29) is 4.90 Å². The molecule has 0 bridgehead atoms. The molecular formula is C12H27BP2S. The van der Waals surface area contributed by atoms with Gasteiger partial charge in [0, 0.05) is 4.90 Å². The number of hydrogen-bond donors (Lipinski definition) is 1. The number of rotatable bonds is 7. The third-order valence-electron chi connectivity index (χ3n) is 3.70. The molecule has 0 aliphatic rings. The monoisotopic (exact) mass is 276 g/mol. The van der Waals surface area contributed by atoms with Gasteiger partial charge < -0.3 is 0 Å². The molecule has 0 aromatic heterocycles. The second-order valence-electron chi connectivity index (χ2n) is 5.64. The van der Waals surface area contributed by atoms with Crippen LogP contribution in [0.25, 0.3) is 0 Å². The Morgan fingerprint density at radius 2 is 1.62 bits per heavy atom. The summed E-state index contributed by atoms with van der Waals surface area (Å²) in [6, 6.07) is 0. The van der Waals surface area contributed by atoms with Crippen molar-refractivity contribution in [3.8, 4) is 0 Å². The van der Waals surface area contributed by atoms with Crippen LogP contribution in [0, 0.1) is 0 Å². The lowest BCUT2D eigenvalue weighted by atomic mass is 9.98. The summed E-state index contributed by atoms with van der Waals surface area (Å²) in [7, 11) is 5.52. The van der Waals surface area contributed by atoms with Gasteiger partial charge in [-0.25, -0.2) is 0 Å². The van der Waals surface area contributed by atoms with Crippen molar-refractivity contribution in [2.75, 3.05) is 20.0 Å². The molecule has 0 aromatic carbocycles. The minimum atomic E-state index is -1.41. The molecule has 0 nitrogen and oxygen atoms in total. The average molecular weight is 276 g/mol. The molecule has 4 heteroatoms. The fraction of sp³-hybridized carbons (Fsp3) is 0.833. The summed E-state index contributed by atoms with van der Waals surface area (Å²) in [5.74, 6) is 0. The topological polar surface area (TPSA) is 0 Å². The molecule has 0 fully saturated rings. The predicted molar refractivity (Wildman–Crippen MR) is 92.3 cm³/mol. The molecule has 94 valence electrons. The first-order valence-electron chi connectivity index (χ1n) is 5.88. The number of thiol groups is 1. The molecule has 0 spiro atoms. The molecule has 0 saturated heterocycles. The van der Waals surface area contributed by atoms with Gasteiger partial charge in [0.25, 0.3) is 0 Å². The van der Waals surface area contributed by atoms with Gasteiger partial charge in [-0.05, 0) is 26.4 Å². The Bertz CT molecular complexity index is 278. The molecule has 0 rings (SSSR count). The predicted octanol–water partition coefficient (Wildman–Crippen LogP) is 4.48. The average Bonchev–Trinajstić information content (AvgIpc) is 2.08. The molecule has 0 heterocycles. The van der Waals surface area contributed by atoms with Crippen LogP contribution in [-0.4, -0.2) is 45.3 Å². The summed E-state index contributed by atoms with van der Waals surface area (Å²) in [6.45, 7) is 8.03. The molecule has 0 aliphatic carbocycles. The normalized spacial score (nSPS) is 20.1. The third kappa shape index (κ3) is 4.36. The smallest absolute Gasteiger partial charge is 0.0653 e. The van der Waals surface area contributed by atoms with E-state index in [4.69, 9.17) is 20.1 Å². The molecule has 0 amide bonds. The standard InChI is InChI=1S/C12H27BP2S/c1-12(14(2,3)4,15(5,6)16)10-8-7-9-11-13/h16H,2,5,7-11H2,1,3-4,6H3. The van der Waals surface area contributed by atoms with Crippen LogP contribution in [0.2, 0.25) is 6.32 Å². The second-order valence-corrected chi connectivity index (χ2v) is 16.3. The first-order chi connectivity index (χ1) is 7.06. The Morgan fingerprint density at radius 1 is 1.12 bits per heavy atom. The van der Waals surface area contributed by atoms with Crippen LogP contribution in [0.15, 0.2) is 0 Å². The van der Waals surface area contributed by atoms with Crippen molar-refractivity contribution in [2.24, 2.45) is 0 Å². The molecule has 0 saturated carbocycles. The number of unbranched alkanes of at least 4 members (excludes halogenated alkanes) is 2. The van der Waals surface area contributed by atoms with Gasteiger partial charge >= 0.3 is 0 Å². The van der Waals surface area contributed by atoms with E-state index in [1.807, 2.05) is 0 Å². The highest BCUT2D eigenvalue weighted by molar-refractivity contribution is 8.53. The van der Waals surface area contributed by atoms with Crippen molar-refractivity contribution in [1.82, 2.24) is 0 Å². The van der Waals surface area contributed by atoms with Gasteiger partial charge in [0.2, 0.25) is 0 Å². The fourth-order valence-electron chi connectivity index (χ4n) is 1.91. The molecule has 16 heavy (non-hydrogen) atoms. The van der Waals surface area contributed by atoms with E-state index in [0.29, 0.717) is 0 Å². The van der Waals surface area contributed by atoms with Crippen molar-refractivity contribution in [3.63, 3.8) is 0 Å². The van der Waals surface area contributed by atoms with Gasteiger partial charge in [-0.3, -0.25) is 0 Å². The zero-order valence-electron chi connectivity index (χ0n) is 11.4. The maximum absolute atomic E-state index is 5.52. The summed E-state index contributed by atoms with van der Waals surface area (Å²) in [5, 5.41) is 0. The third-order valence-corrected chi connectivity index (χ3v) is 13.6. The molecule has 2 atom stereocenters. The minimum absolute atomic E-state index is 0.248. The van der Waals surface area contributed by atoms with Crippen LogP contribution in [0.1, 0.15) is 32.6 Å². The van der Waals surface area contributed by atoms with Gasteiger partial charge in [-0.2, -0.15) is 12.2 Å². The Labute approximate surface area is 109 Å². The quantitative estimate of drug-likeness (QED) is 0.301. The highest BCUT2D eigenvalue weighted by atomic mass is 32.7. The molecule has 0 aromatic rings. The van der Waals surface area contributed by atoms with E-state index in [2.05, 4.69) is 39.5 Å². The van der Waals surface area contributed by atoms with Crippen LogP contribution < -0.4 is 0 Å². The molecule has 0 N–H and O–H groups in total. The van der Waals surface area contributed by atoms with Crippen LogP contribution in [0.4, 0.5) is 0 Å². The van der Waals surface area contributed by atoms with E-state index < -0.39 is 13.0 Å². The van der Waals surface area contributed by atoms with Crippen LogP contribution in [0.3, 0.4) is 0 Å². The highest BCUT2D eigenvalue weighted by Crippen LogP contribution is 2.74. The summed E-state index contributed by atoms with van der Waals surface area (Å²) in [6.07, 6.45) is 13.0.